The fraction of sp³-hybridized carbons (Fsp3) is 0.100. The van der Waals surface area contributed by atoms with Gasteiger partial charge in [0.1, 0.15) is 5.75 Å². The van der Waals surface area contributed by atoms with Gasteiger partial charge in [0.15, 0.2) is 0 Å². The molecule has 0 aliphatic rings. The van der Waals surface area contributed by atoms with E-state index >= 15 is 0 Å². The zero-order chi connectivity index (χ0) is 20.5. The molecule has 3 amide bonds. The lowest BCUT2D eigenvalue weighted by atomic mass is 10.0. The zero-order valence-electron chi connectivity index (χ0n) is 14.6. The van der Waals surface area contributed by atoms with Crippen molar-refractivity contribution in [2.45, 2.75) is 13.1 Å². The van der Waals surface area contributed by atoms with Crippen LogP contribution in [0, 0.1) is 6.92 Å². The van der Waals surface area contributed by atoms with E-state index in [9.17, 15) is 27.9 Å². The Morgan fingerprint density at radius 1 is 1.00 bits per heavy atom. The van der Waals surface area contributed by atoms with Crippen molar-refractivity contribution >= 4 is 28.4 Å². The second-order valence-corrected chi connectivity index (χ2v) is 6.10. The molecule has 0 unspecified atom stereocenters. The smallest absolute Gasteiger partial charge is 0.418 e. The van der Waals surface area contributed by atoms with Crippen LogP contribution in [0.4, 0.5) is 23.7 Å². The van der Waals surface area contributed by atoms with Crippen LogP contribution in [0.3, 0.4) is 0 Å². The summed E-state index contributed by atoms with van der Waals surface area (Å²) in [6.45, 7) is 1.73. The van der Waals surface area contributed by atoms with Crippen molar-refractivity contribution in [1.82, 2.24) is 5.32 Å². The minimum atomic E-state index is -4.64. The number of benzene rings is 3. The molecule has 144 valence electrons. The monoisotopic (exact) mass is 388 g/mol. The third-order valence-corrected chi connectivity index (χ3v) is 4.23. The quantitative estimate of drug-likeness (QED) is 0.588. The number of amides is 3. The van der Waals surface area contributed by atoms with Crippen LogP contribution in [0.1, 0.15) is 21.5 Å². The van der Waals surface area contributed by atoms with E-state index in [1.54, 1.807) is 19.1 Å². The lowest BCUT2D eigenvalue weighted by Gasteiger charge is -2.13. The molecule has 0 aromatic heterocycles. The van der Waals surface area contributed by atoms with Gasteiger partial charge in [-0.25, -0.2) is 4.79 Å². The lowest BCUT2D eigenvalue weighted by molar-refractivity contribution is -0.136. The fourth-order valence-corrected chi connectivity index (χ4v) is 2.78. The number of phenols is 1. The molecule has 8 heteroatoms. The van der Waals surface area contributed by atoms with E-state index in [2.05, 4.69) is 0 Å². The van der Waals surface area contributed by atoms with Crippen molar-refractivity contribution in [2.24, 2.45) is 0 Å². The average molecular weight is 388 g/mol. The summed E-state index contributed by atoms with van der Waals surface area (Å²) in [7, 11) is 0. The Labute approximate surface area is 157 Å². The van der Waals surface area contributed by atoms with E-state index in [1.165, 1.54) is 30.3 Å². The van der Waals surface area contributed by atoms with Gasteiger partial charge >= 0.3 is 12.2 Å². The average Bonchev–Trinajstić information content (AvgIpc) is 2.64. The molecule has 3 aromatic rings. The normalized spacial score (nSPS) is 11.3. The summed E-state index contributed by atoms with van der Waals surface area (Å²) in [4.78, 5) is 24.3. The van der Waals surface area contributed by atoms with Gasteiger partial charge < -0.3 is 10.4 Å². The number of anilines is 1. The predicted molar refractivity (Wildman–Crippen MR) is 98.3 cm³/mol. The number of rotatable bonds is 2. The molecule has 3 rings (SSSR count). The molecule has 28 heavy (non-hydrogen) atoms. The van der Waals surface area contributed by atoms with Crippen LogP contribution < -0.4 is 10.6 Å². The van der Waals surface area contributed by atoms with Crippen LogP contribution in [0.5, 0.6) is 5.75 Å². The first-order valence-electron chi connectivity index (χ1n) is 8.17. The second-order valence-electron chi connectivity index (χ2n) is 6.10. The number of carbonyl (C=O) groups excluding carboxylic acids is 2. The van der Waals surface area contributed by atoms with Crippen LogP contribution in [0.25, 0.3) is 10.8 Å². The molecule has 0 saturated carbocycles. The van der Waals surface area contributed by atoms with Gasteiger partial charge in [-0.05, 0) is 53.6 Å². The number of halogens is 3. The molecule has 0 radical (unpaired) electrons. The van der Waals surface area contributed by atoms with Crippen molar-refractivity contribution in [3.05, 3.63) is 71.3 Å². The molecular weight excluding hydrogens is 373 g/mol. The summed E-state index contributed by atoms with van der Waals surface area (Å²) in [5.41, 5.74) is -0.675. The standard InChI is InChI=1S/C20H15F3N2O3/c1-11-14-8-6-13(10-12(14)7-9-17(11)26)18(27)25-19(28)24-16-5-3-2-4-15(16)20(21,22)23/h2-10,26H,1H3,(H2,24,25,27,28). The van der Waals surface area contributed by atoms with Gasteiger partial charge in [-0.1, -0.05) is 24.3 Å². The number of hydrogen-bond donors (Lipinski definition) is 3. The third-order valence-electron chi connectivity index (χ3n) is 4.23. The van der Waals surface area contributed by atoms with Gasteiger partial charge in [0.2, 0.25) is 0 Å². The molecular formula is C20H15F3N2O3. The van der Waals surface area contributed by atoms with Crippen molar-refractivity contribution in [3.8, 4) is 5.75 Å². The highest BCUT2D eigenvalue weighted by molar-refractivity contribution is 6.09. The number of hydrogen-bond acceptors (Lipinski definition) is 3. The van der Waals surface area contributed by atoms with Crippen molar-refractivity contribution in [2.75, 3.05) is 5.32 Å². The first-order chi connectivity index (χ1) is 13.2. The highest BCUT2D eigenvalue weighted by atomic mass is 19.4. The molecule has 0 saturated heterocycles. The minimum absolute atomic E-state index is 0.118. The van der Waals surface area contributed by atoms with Crippen molar-refractivity contribution < 1.29 is 27.9 Å². The maximum Gasteiger partial charge on any atom is 0.418 e. The van der Waals surface area contributed by atoms with E-state index in [-0.39, 0.29) is 11.3 Å². The maximum absolute atomic E-state index is 13.0. The molecule has 0 fully saturated rings. The Balaban J connectivity index is 1.78. The van der Waals surface area contributed by atoms with Crippen LogP contribution >= 0.6 is 0 Å². The summed E-state index contributed by atoms with van der Waals surface area (Å²) >= 11 is 0. The molecule has 0 aliphatic heterocycles. The Kier molecular flexibility index (Phi) is 4.96. The highest BCUT2D eigenvalue weighted by Crippen LogP contribution is 2.34. The number of carbonyl (C=O) groups is 2. The molecule has 0 bridgehead atoms. The first kappa shape index (κ1) is 19.2. The first-order valence-corrected chi connectivity index (χ1v) is 8.17. The molecule has 0 heterocycles. The summed E-state index contributed by atoms with van der Waals surface area (Å²) in [5.74, 6) is -0.651. The fourth-order valence-electron chi connectivity index (χ4n) is 2.78. The van der Waals surface area contributed by atoms with E-state index in [1.807, 2.05) is 10.6 Å². The SMILES string of the molecule is Cc1c(O)ccc2cc(C(=O)NC(=O)Nc3ccccc3C(F)(F)F)ccc12. The zero-order valence-corrected chi connectivity index (χ0v) is 14.6. The molecule has 0 spiro atoms. The largest absolute Gasteiger partial charge is 0.508 e. The number of urea groups is 1. The Bertz CT molecular complexity index is 1080. The van der Waals surface area contributed by atoms with Crippen LogP contribution in [-0.2, 0) is 6.18 Å². The topological polar surface area (TPSA) is 78.4 Å². The number of aryl methyl sites for hydroxylation is 1. The van der Waals surface area contributed by atoms with Gasteiger partial charge in [0, 0.05) is 5.56 Å². The van der Waals surface area contributed by atoms with E-state index in [4.69, 9.17) is 0 Å². The van der Waals surface area contributed by atoms with Crippen LogP contribution in [0.2, 0.25) is 0 Å². The van der Waals surface area contributed by atoms with E-state index < -0.39 is 29.4 Å². The van der Waals surface area contributed by atoms with Gasteiger partial charge in [0.05, 0.1) is 11.3 Å². The highest BCUT2D eigenvalue weighted by Gasteiger charge is 2.33. The number of nitrogens with one attached hydrogen (secondary N) is 2. The van der Waals surface area contributed by atoms with Gasteiger partial charge in [-0.15, -0.1) is 0 Å². The summed E-state index contributed by atoms with van der Waals surface area (Å²) < 4.78 is 38.9. The summed E-state index contributed by atoms with van der Waals surface area (Å²) in [6.07, 6.45) is -4.64. The van der Waals surface area contributed by atoms with Crippen molar-refractivity contribution in [3.63, 3.8) is 0 Å². The van der Waals surface area contributed by atoms with Crippen LogP contribution in [0.15, 0.2) is 54.6 Å². The predicted octanol–water partition coefficient (Wildman–Crippen LogP) is 4.83. The number of para-hydroxylation sites is 1. The number of fused-ring (bicyclic) bond motifs is 1. The number of imide groups is 1. The van der Waals surface area contributed by atoms with E-state index in [0.717, 1.165) is 17.5 Å². The number of alkyl halides is 3. The number of phenolic OH excluding ortho intramolecular Hbond substituents is 1. The third kappa shape index (κ3) is 3.90. The Morgan fingerprint density at radius 3 is 2.43 bits per heavy atom. The van der Waals surface area contributed by atoms with E-state index in [0.29, 0.717) is 10.9 Å². The van der Waals surface area contributed by atoms with Crippen LogP contribution in [-0.4, -0.2) is 17.0 Å². The lowest BCUT2D eigenvalue weighted by Crippen LogP contribution is -2.34. The molecule has 3 aromatic carbocycles. The second kappa shape index (κ2) is 7.22. The number of aromatic hydroxyl groups is 1. The van der Waals surface area contributed by atoms with Gasteiger partial charge in [-0.3, -0.25) is 10.1 Å². The summed E-state index contributed by atoms with van der Waals surface area (Å²) in [5, 5.41) is 15.2. The summed E-state index contributed by atoms with van der Waals surface area (Å²) in [6, 6.07) is 11.1. The molecule has 3 N–H and O–H groups in total. The molecule has 0 atom stereocenters. The van der Waals surface area contributed by atoms with Crippen molar-refractivity contribution in [1.29, 1.82) is 0 Å². The maximum atomic E-state index is 13.0. The molecule has 0 aliphatic carbocycles. The van der Waals surface area contributed by atoms with Gasteiger partial charge in [-0.2, -0.15) is 13.2 Å². The van der Waals surface area contributed by atoms with Gasteiger partial charge in [0.25, 0.3) is 5.91 Å². The Morgan fingerprint density at radius 2 is 1.71 bits per heavy atom. The molecule has 5 nitrogen and oxygen atoms in total. The minimum Gasteiger partial charge on any atom is -0.508 e. The Hall–Kier alpha value is -3.55.